The summed E-state index contributed by atoms with van der Waals surface area (Å²) in [6.07, 6.45) is 1.83. The molecule has 0 aromatic carbocycles. The van der Waals surface area contributed by atoms with Crippen LogP contribution in [0.15, 0.2) is 16.5 Å². The third kappa shape index (κ3) is 3.49. The summed E-state index contributed by atoms with van der Waals surface area (Å²) in [5.41, 5.74) is 5.75. The zero-order valence-electron chi connectivity index (χ0n) is 11.3. The van der Waals surface area contributed by atoms with Gasteiger partial charge in [0.15, 0.2) is 5.76 Å². The number of furan rings is 1. The number of likely N-dealkylation sites (tertiary alicyclic amines) is 1. The number of rotatable bonds is 3. The van der Waals surface area contributed by atoms with E-state index in [1.54, 1.807) is 24.1 Å². The fourth-order valence-corrected chi connectivity index (χ4v) is 2.41. The van der Waals surface area contributed by atoms with Crippen LogP contribution >= 0.6 is 12.4 Å². The van der Waals surface area contributed by atoms with E-state index in [1.807, 2.05) is 6.92 Å². The van der Waals surface area contributed by atoms with Gasteiger partial charge < -0.3 is 19.8 Å². The standard InChI is InChI=1S/C13H20N2O3.ClH/c1-9-3-4-12(18-9)13(16)15-6-5-11(17-2)7-10(15)8-14;/h3-4,10-11H,5-8,14H2,1-2H3;1H. The van der Waals surface area contributed by atoms with Crippen LogP contribution in [0.1, 0.15) is 29.2 Å². The lowest BCUT2D eigenvalue weighted by atomic mass is 9.99. The van der Waals surface area contributed by atoms with Gasteiger partial charge in [-0.2, -0.15) is 0 Å². The van der Waals surface area contributed by atoms with E-state index in [-0.39, 0.29) is 30.5 Å². The van der Waals surface area contributed by atoms with E-state index < -0.39 is 0 Å². The molecule has 0 bridgehead atoms. The molecule has 1 aliphatic rings. The molecule has 19 heavy (non-hydrogen) atoms. The monoisotopic (exact) mass is 288 g/mol. The molecule has 5 nitrogen and oxygen atoms in total. The lowest BCUT2D eigenvalue weighted by Crippen LogP contribution is -2.51. The average molecular weight is 289 g/mol. The summed E-state index contributed by atoms with van der Waals surface area (Å²) in [6, 6.07) is 3.54. The predicted molar refractivity (Wildman–Crippen MR) is 74.6 cm³/mol. The molecule has 1 aromatic heterocycles. The van der Waals surface area contributed by atoms with Crippen LogP contribution in [0.4, 0.5) is 0 Å². The Balaban J connectivity index is 0.00000180. The van der Waals surface area contributed by atoms with Gasteiger partial charge in [-0.1, -0.05) is 0 Å². The minimum atomic E-state index is -0.0758. The summed E-state index contributed by atoms with van der Waals surface area (Å²) >= 11 is 0. The van der Waals surface area contributed by atoms with Crippen molar-refractivity contribution in [2.24, 2.45) is 5.73 Å². The SMILES string of the molecule is COC1CCN(C(=O)c2ccc(C)o2)C(CN)C1.Cl. The number of hydrogen-bond donors (Lipinski definition) is 1. The van der Waals surface area contributed by atoms with Crippen LogP contribution in [0, 0.1) is 6.92 Å². The third-order valence-electron chi connectivity index (χ3n) is 3.49. The number of nitrogens with two attached hydrogens (primary N) is 1. The molecule has 0 aliphatic carbocycles. The normalized spacial score (nSPS) is 23.0. The molecular weight excluding hydrogens is 268 g/mol. The predicted octanol–water partition coefficient (Wildman–Crippen LogP) is 1.59. The number of carbonyl (C=O) groups excluding carboxylic acids is 1. The van der Waals surface area contributed by atoms with E-state index in [4.69, 9.17) is 14.9 Å². The summed E-state index contributed by atoms with van der Waals surface area (Å²) in [4.78, 5) is 14.1. The van der Waals surface area contributed by atoms with Crippen molar-refractivity contribution in [3.8, 4) is 0 Å². The molecule has 6 heteroatoms. The minimum absolute atomic E-state index is 0. The molecule has 0 saturated carbocycles. The molecular formula is C13H21ClN2O3. The van der Waals surface area contributed by atoms with E-state index >= 15 is 0 Å². The van der Waals surface area contributed by atoms with Crippen molar-refractivity contribution in [2.45, 2.75) is 31.9 Å². The van der Waals surface area contributed by atoms with Crippen molar-refractivity contribution in [1.29, 1.82) is 0 Å². The van der Waals surface area contributed by atoms with Crippen LogP contribution in [0.2, 0.25) is 0 Å². The average Bonchev–Trinajstić information content (AvgIpc) is 2.83. The first-order chi connectivity index (χ1) is 8.65. The highest BCUT2D eigenvalue weighted by molar-refractivity contribution is 5.91. The van der Waals surface area contributed by atoms with Crippen molar-refractivity contribution in [1.82, 2.24) is 4.90 Å². The van der Waals surface area contributed by atoms with Crippen molar-refractivity contribution in [3.05, 3.63) is 23.7 Å². The van der Waals surface area contributed by atoms with Crippen LogP contribution in [-0.2, 0) is 4.74 Å². The lowest BCUT2D eigenvalue weighted by Gasteiger charge is -2.37. The van der Waals surface area contributed by atoms with Gasteiger partial charge in [0.25, 0.3) is 5.91 Å². The molecule has 0 radical (unpaired) electrons. The molecule has 2 atom stereocenters. The highest BCUT2D eigenvalue weighted by Crippen LogP contribution is 2.22. The van der Waals surface area contributed by atoms with Crippen molar-refractivity contribution in [2.75, 3.05) is 20.2 Å². The first kappa shape index (κ1) is 16.0. The van der Waals surface area contributed by atoms with Crippen LogP contribution in [0.25, 0.3) is 0 Å². The Kier molecular flexibility index (Phi) is 5.85. The third-order valence-corrected chi connectivity index (χ3v) is 3.49. The summed E-state index contributed by atoms with van der Waals surface area (Å²) in [5.74, 6) is 1.06. The van der Waals surface area contributed by atoms with Gasteiger partial charge in [-0.05, 0) is 31.9 Å². The van der Waals surface area contributed by atoms with Gasteiger partial charge in [0.2, 0.25) is 0 Å². The Morgan fingerprint density at radius 1 is 1.58 bits per heavy atom. The number of hydrogen-bond acceptors (Lipinski definition) is 4. The molecule has 0 spiro atoms. The molecule has 2 unspecified atom stereocenters. The van der Waals surface area contributed by atoms with E-state index in [2.05, 4.69) is 0 Å². The van der Waals surface area contributed by atoms with E-state index in [1.165, 1.54) is 0 Å². The largest absolute Gasteiger partial charge is 0.456 e. The Morgan fingerprint density at radius 3 is 2.84 bits per heavy atom. The fourth-order valence-electron chi connectivity index (χ4n) is 2.41. The summed E-state index contributed by atoms with van der Waals surface area (Å²) < 4.78 is 10.7. The summed E-state index contributed by atoms with van der Waals surface area (Å²) in [5, 5.41) is 0. The second-order valence-corrected chi connectivity index (χ2v) is 4.68. The van der Waals surface area contributed by atoms with Crippen molar-refractivity contribution in [3.63, 3.8) is 0 Å². The number of methoxy groups -OCH3 is 1. The molecule has 2 rings (SSSR count). The molecule has 2 heterocycles. The molecule has 2 N–H and O–H groups in total. The molecule has 1 amide bonds. The summed E-state index contributed by atoms with van der Waals surface area (Å²) in [7, 11) is 1.70. The number of halogens is 1. The quantitative estimate of drug-likeness (QED) is 0.917. The number of aryl methyl sites for hydroxylation is 1. The van der Waals surface area contributed by atoms with Gasteiger partial charge in [0.1, 0.15) is 5.76 Å². The Bertz CT molecular complexity index is 422. The number of ether oxygens (including phenoxy) is 1. The molecule has 1 aromatic rings. The van der Waals surface area contributed by atoms with Gasteiger partial charge in [-0.15, -0.1) is 12.4 Å². The second-order valence-electron chi connectivity index (χ2n) is 4.68. The number of amides is 1. The van der Waals surface area contributed by atoms with Gasteiger partial charge in [0.05, 0.1) is 6.10 Å². The fraction of sp³-hybridized carbons (Fsp3) is 0.615. The van der Waals surface area contributed by atoms with Gasteiger partial charge in [-0.25, -0.2) is 0 Å². The number of nitrogens with zero attached hydrogens (tertiary/aromatic N) is 1. The number of piperidine rings is 1. The minimum Gasteiger partial charge on any atom is -0.456 e. The smallest absolute Gasteiger partial charge is 0.289 e. The van der Waals surface area contributed by atoms with Gasteiger partial charge in [0, 0.05) is 26.2 Å². The second kappa shape index (κ2) is 6.93. The van der Waals surface area contributed by atoms with Crippen LogP contribution in [0.5, 0.6) is 0 Å². The maximum atomic E-state index is 12.3. The zero-order valence-corrected chi connectivity index (χ0v) is 12.1. The van der Waals surface area contributed by atoms with Crippen LogP contribution < -0.4 is 5.73 Å². The highest BCUT2D eigenvalue weighted by atomic mass is 35.5. The van der Waals surface area contributed by atoms with E-state index in [9.17, 15) is 4.79 Å². The molecule has 108 valence electrons. The topological polar surface area (TPSA) is 68.7 Å². The lowest BCUT2D eigenvalue weighted by molar-refractivity contribution is 0.0124. The first-order valence-electron chi connectivity index (χ1n) is 6.26. The molecule has 1 saturated heterocycles. The Morgan fingerprint density at radius 2 is 2.32 bits per heavy atom. The van der Waals surface area contributed by atoms with Gasteiger partial charge >= 0.3 is 0 Å². The molecule has 1 aliphatic heterocycles. The molecule has 1 fully saturated rings. The Labute approximate surface area is 119 Å². The maximum Gasteiger partial charge on any atom is 0.289 e. The first-order valence-corrected chi connectivity index (χ1v) is 6.26. The highest BCUT2D eigenvalue weighted by Gasteiger charge is 2.32. The van der Waals surface area contributed by atoms with Crippen LogP contribution in [-0.4, -0.2) is 43.2 Å². The maximum absolute atomic E-state index is 12.3. The van der Waals surface area contributed by atoms with E-state index in [0.717, 1.165) is 18.6 Å². The summed E-state index contributed by atoms with van der Waals surface area (Å²) in [6.45, 7) is 2.94. The zero-order chi connectivity index (χ0) is 13.1. The van der Waals surface area contributed by atoms with E-state index in [0.29, 0.717) is 18.8 Å². The Hall–Kier alpha value is -1.04. The van der Waals surface area contributed by atoms with Gasteiger partial charge in [-0.3, -0.25) is 4.79 Å². The van der Waals surface area contributed by atoms with Crippen LogP contribution in [0.3, 0.4) is 0 Å². The van der Waals surface area contributed by atoms with Crippen molar-refractivity contribution < 1.29 is 13.9 Å². The number of carbonyl (C=O) groups is 1. The van der Waals surface area contributed by atoms with Crippen molar-refractivity contribution >= 4 is 18.3 Å².